The van der Waals surface area contributed by atoms with Crippen molar-refractivity contribution in [2.45, 2.75) is 30.7 Å². The summed E-state index contributed by atoms with van der Waals surface area (Å²) in [7, 11) is -1.94. The van der Waals surface area contributed by atoms with Crippen LogP contribution in [0.3, 0.4) is 0 Å². The summed E-state index contributed by atoms with van der Waals surface area (Å²) in [5.74, 6) is -0.0765. The fourth-order valence-corrected chi connectivity index (χ4v) is 4.16. The molecule has 0 aliphatic carbocycles. The minimum Gasteiger partial charge on any atom is -0.383 e. The summed E-state index contributed by atoms with van der Waals surface area (Å²) >= 11 is 0. The van der Waals surface area contributed by atoms with Gasteiger partial charge >= 0.3 is 0 Å². The van der Waals surface area contributed by atoms with Crippen LogP contribution in [0, 0.1) is 0 Å². The number of carbonyl (C=O) groups is 1. The van der Waals surface area contributed by atoms with E-state index in [1.165, 1.54) is 23.4 Å². The van der Waals surface area contributed by atoms with Crippen LogP contribution >= 0.6 is 0 Å². The Bertz CT molecular complexity index is 580. The molecule has 5 nitrogen and oxygen atoms in total. The van der Waals surface area contributed by atoms with Gasteiger partial charge in [0.2, 0.25) is 10.0 Å². The number of nitrogens with zero attached hydrogens (tertiary/aromatic N) is 1. The number of rotatable bonds is 5. The Balaban J connectivity index is 2.27. The van der Waals surface area contributed by atoms with E-state index in [1.807, 2.05) is 0 Å². The lowest BCUT2D eigenvalue weighted by molar-refractivity contribution is 0.101. The molecule has 1 atom stereocenters. The van der Waals surface area contributed by atoms with Crippen LogP contribution in [0.5, 0.6) is 0 Å². The van der Waals surface area contributed by atoms with Crippen molar-refractivity contribution in [1.82, 2.24) is 4.31 Å². The van der Waals surface area contributed by atoms with Crippen molar-refractivity contribution in [3.8, 4) is 0 Å². The number of hydrogen-bond donors (Lipinski definition) is 0. The van der Waals surface area contributed by atoms with Gasteiger partial charge in [-0.05, 0) is 31.9 Å². The molecular weight excluding hydrogens is 278 g/mol. The van der Waals surface area contributed by atoms with Gasteiger partial charge in [-0.15, -0.1) is 0 Å². The fourth-order valence-electron chi connectivity index (χ4n) is 2.48. The van der Waals surface area contributed by atoms with Crippen LogP contribution in [0.1, 0.15) is 30.1 Å². The van der Waals surface area contributed by atoms with Crippen molar-refractivity contribution in [3.63, 3.8) is 0 Å². The van der Waals surface area contributed by atoms with Gasteiger partial charge in [-0.25, -0.2) is 8.42 Å². The molecule has 2 rings (SSSR count). The molecule has 1 aromatic carbocycles. The lowest BCUT2D eigenvalue weighted by Crippen LogP contribution is -2.38. The predicted octanol–water partition coefficient (Wildman–Crippen LogP) is 1.69. The van der Waals surface area contributed by atoms with E-state index in [1.54, 1.807) is 19.2 Å². The second kappa shape index (κ2) is 6.03. The number of carbonyl (C=O) groups excluding carboxylic acids is 1. The average Bonchev–Trinajstić information content (AvgIpc) is 2.88. The highest BCUT2D eigenvalue weighted by atomic mass is 32.2. The minimum atomic E-state index is -3.51. The zero-order valence-electron chi connectivity index (χ0n) is 11.7. The van der Waals surface area contributed by atoms with E-state index in [-0.39, 0.29) is 16.7 Å². The smallest absolute Gasteiger partial charge is 0.243 e. The highest BCUT2D eigenvalue weighted by Crippen LogP contribution is 2.26. The molecule has 1 unspecified atom stereocenters. The summed E-state index contributed by atoms with van der Waals surface area (Å²) in [5, 5.41) is 0. The Morgan fingerprint density at radius 1 is 1.35 bits per heavy atom. The lowest BCUT2D eigenvalue weighted by atomic mass is 10.2. The van der Waals surface area contributed by atoms with Crippen molar-refractivity contribution >= 4 is 15.8 Å². The van der Waals surface area contributed by atoms with Crippen molar-refractivity contribution in [2.75, 3.05) is 20.3 Å². The lowest BCUT2D eigenvalue weighted by Gasteiger charge is -2.23. The summed E-state index contributed by atoms with van der Waals surface area (Å²) in [6.07, 6.45) is 1.66. The van der Waals surface area contributed by atoms with E-state index in [4.69, 9.17) is 4.74 Å². The maximum atomic E-state index is 12.6. The molecule has 0 spiro atoms. The third-order valence-corrected chi connectivity index (χ3v) is 5.52. The number of ketones is 1. The van der Waals surface area contributed by atoms with Gasteiger partial charge in [-0.3, -0.25) is 4.79 Å². The van der Waals surface area contributed by atoms with Crippen molar-refractivity contribution < 1.29 is 17.9 Å². The maximum Gasteiger partial charge on any atom is 0.243 e. The molecule has 1 fully saturated rings. The molecule has 0 amide bonds. The van der Waals surface area contributed by atoms with Crippen molar-refractivity contribution in [1.29, 1.82) is 0 Å². The normalized spacial score (nSPS) is 20.2. The first-order valence-corrected chi connectivity index (χ1v) is 8.02. The summed E-state index contributed by atoms with van der Waals surface area (Å²) in [6.45, 7) is 2.38. The molecule has 0 bridgehead atoms. The van der Waals surface area contributed by atoms with Gasteiger partial charge in [-0.1, -0.05) is 12.1 Å². The van der Waals surface area contributed by atoms with Crippen LogP contribution in [-0.4, -0.2) is 44.8 Å². The molecule has 6 heteroatoms. The van der Waals surface area contributed by atoms with Crippen LogP contribution in [0.25, 0.3) is 0 Å². The second-order valence-corrected chi connectivity index (χ2v) is 6.84. The molecule has 1 heterocycles. The average molecular weight is 297 g/mol. The summed E-state index contributed by atoms with van der Waals surface area (Å²) < 4.78 is 31.8. The summed E-state index contributed by atoms with van der Waals surface area (Å²) in [4.78, 5) is 11.5. The van der Waals surface area contributed by atoms with E-state index in [0.29, 0.717) is 18.7 Å². The monoisotopic (exact) mass is 297 g/mol. The summed E-state index contributed by atoms with van der Waals surface area (Å²) in [6, 6.07) is 5.99. The molecule has 1 saturated heterocycles. The Labute approximate surface area is 119 Å². The largest absolute Gasteiger partial charge is 0.383 e. The third kappa shape index (κ3) is 2.92. The van der Waals surface area contributed by atoms with Gasteiger partial charge in [-0.2, -0.15) is 4.31 Å². The molecule has 110 valence electrons. The number of methoxy groups -OCH3 is 1. The molecule has 1 aliphatic heterocycles. The van der Waals surface area contributed by atoms with E-state index >= 15 is 0 Å². The predicted molar refractivity (Wildman–Crippen MR) is 75.2 cm³/mol. The molecular formula is C14H19NO4S. The topological polar surface area (TPSA) is 63.7 Å². The van der Waals surface area contributed by atoms with Gasteiger partial charge in [0.1, 0.15) is 0 Å². The zero-order valence-corrected chi connectivity index (χ0v) is 12.5. The molecule has 0 saturated carbocycles. The van der Waals surface area contributed by atoms with Crippen molar-refractivity contribution in [3.05, 3.63) is 29.8 Å². The number of sulfonamides is 1. The van der Waals surface area contributed by atoms with Gasteiger partial charge in [0.25, 0.3) is 0 Å². The number of hydrogen-bond acceptors (Lipinski definition) is 4. The maximum absolute atomic E-state index is 12.6. The molecule has 20 heavy (non-hydrogen) atoms. The van der Waals surface area contributed by atoms with E-state index in [2.05, 4.69) is 0 Å². The summed E-state index contributed by atoms with van der Waals surface area (Å²) in [5.41, 5.74) is 0.513. The third-order valence-electron chi connectivity index (χ3n) is 3.55. The molecule has 0 aromatic heterocycles. The standard InChI is InChI=1S/C14H19NO4S/c1-11(16)12-5-7-14(8-6-12)20(17,18)15-9-3-4-13(15)10-19-2/h5-8,13H,3-4,9-10H2,1-2H3. The van der Waals surface area contributed by atoms with Crippen molar-refractivity contribution in [2.24, 2.45) is 0 Å². The number of ether oxygens (including phenoxy) is 1. The Morgan fingerprint density at radius 2 is 2.00 bits per heavy atom. The SMILES string of the molecule is COCC1CCCN1S(=O)(=O)c1ccc(C(C)=O)cc1. The zero-order chi connectivity index (χ0) is 14.8. The minimum absolute atomic E-state index is 0.0765. The number of benzene rings is 1. The molecule has 1 aliphatic rings. The Morgan fingerprint density at radius 3 is 2.55 bits per heavy atom. The van der Waals surface area contributed by atoms with Gasteiger partial charge in [0.05, 0.1) is 11.5 Å². The quantitative estimate of drug-likeness (QED) is 0.776. The second-order valence-electron chi connectivity index (χ2n) is 4.95. The van der Waals surface area contributed by atoms with E-state index < -0.39 is 10.0 Å². The van der Waals surface area contributed by atoms with Crippen LogP contribution in [0.4, 0.5) is 0 Å². The van der Waals surface area contributed by atoms with Crippen LogP contribution in [-0.2, 0) is 14.8 Å². The first kappa shape index (κ1) is 15.2. The highest BCUT2D eigenvalue weighted by Gasteiger charge is 2.35. The fraction of sp³-hybridized carbons (Fsp3) is 0.500. The Hall–Kier alpha value is -1.24. The van der Waals surface area contributed by atoms with Crippen LogP contribution in [0.15, 0.2) is 29.2 Å². The molecule has 0 N–H and O–H groups in total. The highest BCUT2D eigenvalue weighted by molar-refractivity contribution is 7.89. The van der Waals surface area contributed by atoms with Gasteiger partial charge in [0, 0.05) is 25.3 Å². The van der Waals surface area contributed by atoms with Crippen LogP contribution < -0.4 is 0 Å². The van der Waals surface area contributed by atoms with E-state index in [0.717, 1.165) is 12.8 Å². The van der Waals surface area contributed by atoms with Gasteiger partial charge < -0.3 is 4.74 Å². The molecule has 1 aromatic rings. The van der Waals surface area contributed by atoms with Gasteiger partial charge in [0.15, 0.2) is 5.78 Å². The Kier molecular flexibility index (Phi) is 4.57. The van der Waals surface area contributed by atoms with E-state index in [9.17, 15) is 13.2 Å². The molecule has 0 radical (unpaired) electrons. The first-order valence-electron chi connectivity index (χ1n) is 6.58. The first-order chi connectivity index (χ1) is 9.46. The van der Waals surface area contributed by atoms with Crippen LogP contribution in [0.2, 0.25) is 0 Å². The number of Topliss-reactive ketones (excluding diaryl/α,β-unsaturated/α-hetero) is 1.